The van der Waals surface area contributed by atoms with Crippen LogP contribution in [0.25, 0.3) is 22.2 Å². The molecule has 0 aliphatic rings. The number of amides is 1. The SMILES string of the molecule is CC(NC(=O)c1cc(-c2cnc3[nH]ccc3c2)ccn1)c1noc(C(F)(F)F)n1. The molecule has 0 aromatic carbocycles. The van der Waals surface area contributed by atoms with Crippen LogP contribution in [0, 0.1) is 0 Å². The summed E-state index contributed by atoms with van der Waals surface area (Å²) in [5, 5.41) is 6.69. The number of rotatable bonds is 4. The van der Waals surface area contributed by atoms with E-state index in [4.69, 9.17) is 0 Å². The Bertz CT molecular complexity index is 1180. The van der Waals surface area contributed by atoms with Crippen molar-refractivity contribution in [2.75, 3.05) is 0 Å². The number of nitrogens with one attached hydrogen (secondary N) is 2. The first-order valence-electron chi connectivity index (χ1n) is 8.42. The third kappa shape index (κ3) is 3.79. The molecule has 4 rings (SSSR count). The van der Waals surface area contributed by atoms with Crippen molar-refractivity contribution < 1.29 is 22.5 Å². The molecule has 11 heteroatoms. The van der Waals surface area contributed by atoms with Crippen LogP contribution in [-0.4, -0.2) is 31.0 Å². The van der Waals surface area contributed by atoms with E-state index in [1.54, 1.807) is 24.5 Å². The lowest BCUT2D eigenvalue weighted by atomic mass is 10.1. The quantitative estimate of drug-likeness (QED) is 0.541. The lowest BCUT2D eigenvalue weighted by Gasteiger charge is -2.10. The fraction of sp³-hybridized carbons (Fsp3) is 0.167. The van der Waals surface area contributed by atoms with Gasteiger partial charge in [-0.1, -0.05) is 5.16 Å². The molecule has 1 atom stereocenters. The minimum Gasteiger partial charge on any atom is -0.346 e. The second-order valence-corrected chi connectivity index (χ2v) is 6.22. The lowest BCUT2D eigenvalue weighted by Crippen LogP contribution is -2.28. The van der Waals surface area contributed by atoms with E-state index in [9.17, 15) is 18.0 Å². The van der Waals surface area contributed by atoms with Gasteiger partial charge in [-0.25, -0.2) is 4.98 Å². The van der Waals surface area contributed by atoms with Crippen molar-refractivity contribution in [2.24, 2.45) is 0 Å². The maximum absolute atomic E-state index is 12.6. The number of carbonyl (C=O) groups is 1. The average molecular weight is 402 g/mol. The summed E-state index contributed by atoms with van der Waals surface area (Å²) < 4.78 is 41.9. The molecule has 148 valence electrons. The van der Waals surface area contributed by atoms with Crippen LogP contribution in [-0.2, 0) is 6.18 Å². The van der Waals surface area contributed by atoms with Crippen LogP contribution in [0.5, 0.6) is 0 Å². The minimum absolute atomic E-state index is 0.0862. The smallest absolute Gasteiger partial charge is 0.346 e. The second-order valence-electron chi connectivity index (χ2n) is 6.22. The lowest BCUT2D eigenvalue weighted by molar-refractivity contribution is -0.159. The van der Waals surface area contributed by atoms with Gasteiger partial charge in [0, 0.05) is 29.5 Å². The fourth-order valence-electron chi connectivity index (χ4n) is 2.69. The standard InChI is InChI=1S/C18H13F3N6O2/c1-9(14-26-17(29-27-14)18(19,20)21)25-16(28)13-7-10(2-4-22-13)12-6-11-3-5-23-15(11)24-8-12/h2-9H,1H3,(H,23,24)(H,25,28). The minimum atomic E-state index is -4.75. The Balaban J connectivity index is 1.53. The summed E-state index contributed by atoms with van der Waals surface area (Å²) in [6.45, 7) is 1.44. The van der Waals surface area contributed by atoms with Crippen molar-refractivity contribution >= 4 is 16.9 Å². The Morgan fingerprint density at radius 1 is 1.21 bits per heavy atom. The summed E-state index contributed by atoms with van der Waals surface area (Å²) in [6.07, 6.45) is 0.151. The highest BCUT2D eigenvalue weighted by molar-refractivity contribution is 5.94. The van der Waals surface area contributed by atoms with Crippen molar-refractivity contribution in [2.45, 2.75) is 19.1 Å². The molecule has 2 N–H and O–H groups in total. The largest absolute Gasteiger partial charge is 0.471 e. The number of alkyl halides is 3. The monoisotopic (exact) mass is 402 g/mol. The zero-order chi connectivity index (χ0) is 20.6. The summed E-state index contributed by atoms with van der Waals surface area (Å²) in [4.78, 5) is 27.1. The van der Waals surface area contributed by atoms with Crippen LogP contribution in [0.1, 0.15) is 35.2 Å². The maximum Gasteiger partial charge on any atom is 0.471 e. The van der Waals surface area contributed by atoms with Crippen LogP contribution in [0.3, 0.4) is 0 Å². The van der Waals surface area contributed by atoms with Crippen LogP contribution in [0.4, 0.5) is 13.2 Å². The molecule has 29 heavy (non-hydrogen) atoms. The van der Waals surface area contributed by atoms with E-state index in [1.807, 2.05) is 12.1 Å². The van der Waals surface area contributed by atoms with E-state index in [-0.39, 0.29) is 11.5 Å². The zero-order valence-corrected chi connectivity index (χ0v) is 14.9. The number of hydrogen-bond donors (Lipinski definition) is 2. The molecule has 0 aliphatic heterocycles. The third-order valence-electron chi connectivity index (χ3n) is 4.15. The van der Waals surface area contributed by atoms with Crippen molar-refractivity contribution in [3.05, 3.63) is 60.3 Å². The fourth-order valence-corrected chi connectivity index (χ4v) is 2.69. The molecule has 1 amide bonds. The molecule has 1 unspecified atom stereocenters. The van der Waals surface area contributed by atoms with Crippen LogP contribution in [0.2, 0.25) is 0 Å². The molecule has 4 heterocycles. The molecule has 8 nitrogen and oxygen atoms in total. The molecule has 0 aliphatic carbocycles. The highest BCUT2D eigenvalue weighted by Gasteiger charge is 2.39. The molecular formula is C18H13F3N6O2. The van der Waals surface area contributed by atoms with Gasteiger partial charge < -0.3 is 14.8 Å². The van der Waals surface area contributed by atoms with Gasteiger partial charge in [-0.15, -0.1) is 0 Å². The summed E-state index contributed by atoms with van der Waals surface area (Å²) in [7, 11) is 0. The van der Waals surface area contributed by atoms with E-state index < -0.39 is 24.0 Å². The molecule has 4 aromatic heterocycles. The molecule has 0 fully saturated rings. The first-order valence-corrected chi connectivity index (χ1v) is 8.42. The molecule has 0 saturated carbocycles. The number of fused-ring (bicyclic) bond motifs is 1. The highest BCUT2D eigenvalue weighted by Crippen LogP contribution is 2.28. The van der Waals surface area contributed by atoms with Gasteiger partial charge in [0.15, 0.2) is 5.82 Å². The summed E-state index contributed by atoms with van der Waals surface area (Å²) in [6, 6.07) is 6.17. The summed E-state index contributed by atoms with van der Waals surface area (Å²) >= 11 is 0. The number of hydrogen-bond acceptors (Lipinski definition) is 6. The number of pyridine rings is 2. The number of H-pyrrole nitrogens is 1. The second kappa shape index (κ2) is 7.00. The number of nitrogens with zero attached hydrogens (tertiary/aromatic N) is 4. The van der Waals surface area contributed by atoms with Gasteiger partial charge in [0.05, 0.1) is 6.04 Å². The van der Waals surface area contributed by atoms with Gasteiger partial charge in [-0.3, -0.25) is 9.78 Å². The highest BCUT2D eigenvalue weighted by atomic mass is 19.4. The average Bonchev–Trinajstić information content (AvgIpc) is 3.36. The number of aromatic nitrogens is 5. The number of aromatic amines is 1. The van der Waals surface area contributed by atoms with Gasteiger partial charge in [-0.2, -0.15) is 18.2 Å². The predicted molar refractivity (Wildman–Crippen MR) is 94.5 cm³/mol. The Hall–Kier alpha value is -3.76. The molecule has 0 spiro atoms. The summed E-state index contributed by atoms with van der Waals surface area (Å²) in [5.74, 6) is -2.35. The summed E-state index contributed by atoms with van der Waals surface area (Å²) in [5.41, 5.74) is 2.33. The van der Waals surface area contributed by atoms with Crippen LogP contribution < -0.4 is 5.32 Å². The van der Waals surface area contributed by atoms with Crippen LogP contribution in [0.15, 0.2) is 47.4 Å². The van der Waals surface area contributed by atoms with E-state index in [1.165, 1.54) is 13.1 Å². The maximum atomic E-state index is 12.6. The first-order chi connectivity index (χ1) is 13.8. The molecule has 0 saturated heterocycles. The Morgan fingerprint density at radius 3 is 2.79 bits per heavy atom. The van der Waals surface area contributed by atoms with Crippen molar-refractivity contribution in [1.29, 1.82) is 0 Å². The van der Waals surface area contributed by atoms with Crippen LogP contribution >= 0.6 is 0 Å². The van der Waals surface area contributed by atoms with E-state index >= 15 is 0 Å². The normalized spacial score (nSPS) is 12.8. The van der Waals surface area contributed by atoms with Crippen molar-refractivity contribution in [1.82, 2.24) is 30.4 Å². The Labute approximate surface area is 161 Å². The van der Waals surface area contributed by atoms with Crippen molar-refractivity contribution in [3.63, 3.8) is 0 Å². The van der Waals surface area contributed by atoms with E-state index in [2.05, 4.69) is 34.9 Å². The van der Waals surface area contributed by atoms with Gasteiger partial charge in [0.1, 0.15) is 11.3 Å². The van der Waals surface area contributed by atoms with Gasteiger partial charge in [-0.05, 0) is 36.8 Å². The molecule has 0 bridgehead atoms. The van der Waals surface area contributed by atoms with Gasteiger partial charge in [0.2, 0.25) is 0 Å². The Kier molecular flexibility index (Phi) is 4.49. The number of halogens is 3. The van der Waals surface area contributed by atoms with E-state index in [0.717, 1.165) is 16.6 Å². The molecular weight excluding hydrogens is 389 g/mol. The predicted octanol–water partition coefficient (Wildman–Crippen LogP) is 3.52. The van der Waals surface area contributed by atoms with E-state index in [0.29, 0.717) is 5.56 Å². The van der Waals surface area contributed by atoms with Gasteiger partial charge in [0.25, 0.3) is 5.91 Å². The zero-order valence-electron chi connectivity index (χ0n) is 14.9. The molecule has 4 aromatic rings. The molecule has 0 radical (unpaired) electrons. The number of carbonyl (C=O) groups excluding carboxylic acids is 1. The Morgan fingerprint density at radius 2 is 2.03 bits per heavy atom. The van der Waals surface area contributed by atoms with Crippen molar-refractivity contribution in [3.8, 4) is 11.1 Å². The first kappa shape index (κ1) is 18.6. The van der Waals surface area contributed by atoms with Gasteiger partial charge >= 0.3 is 12.1 Å². The topological polar surface area (TPSA) is 110 Å². The third-order valence-corrected chi connectivity index (χ3v) is 4.15.